The summed E-state index contributed by atoms with van der Waals surface area (Å²) in [6, 6.07) is 8.42. The summed E-state index contributed by atoms with van der Waals surface area (Å²) in [6.07, 6.45) is 2.82. The zero-order valence-electron chi connectivity index (χ0n) is 9.10. The predicted octanol–water partition coefficient (Wildman–Crippen LogP) is 1.91. The van der Waals surface area contributed by atoms with E-state index in [4.69, 9.17) is 0 Å². The molecule has 0 aromatic heterocycles. The Bertz CT molecular complexity index is 430. The first-order valence-electron chi connectivity index (χ1n) is 5.85. The molecule has 0 bridgehead atoms. The van der Waals surface area contributed by atoms with Crippen LogP contribution < -0.4 is 4.90 Å². The van der Waals surface area contributed by atoms with E-state index in [9.17, 15) is 9.90 Å². The molecule has 3 rings (SSSR count). The molecule has 2 atom stereocenters. The lowest BCUT2D eigenvalue weighted by atomic mass is 9.86. The van der Waals surface area contributed by atoms with Gasteiger partial charge in [0.15, 0.2) is 0 Å². The Morgan fingerprint density at radius 3 is 3.00 bits per heavy atom. The lowest BCUT2D eigenvalue weighted by Gasteiger charge is -2.37. The lowest BCUT2D eigenvalue weighted by Crippen LogP contribution is -2.44. The SMILES string of the molecule is O=C(O)[C@H]1Cc2ccccc2N2CCC[C@H]12. The number of anilines is 1. The minimum atomic E-state index is -0.647. The van der Waals surface area contributed by atoms with E-state index < -0.39 is 5.97 Å². The van der Waals surface area contributed by atoms with Gasteiger partial charge >= 0.3 is 5.97 Å². The van der Waals surface area contributed by atoms with Gasteiger partial charge in [-0.15, -0.1) is 0 Å². The molecule has 0 radical (unpaired) electrons. The molecule has 3 heteroatoms. The summed E-state index contributed by atoms with van der Waals surface area (Å²) >= 11 is 0. The van der Waals surface area contributed by atoms with E-state index in [1.54, 1.807) is 0 Å². The highest BCUT2D eigenvalue weighted by molar-refractivity contribution is 5.75. The number of benzene rings is 1. The number of carbonyl (C=O) groups is 1. The fourth-order valence-electron chi connectivity index (χ4n) is 3.10. The van der Waals surface area contributed by atoms with Crippen LogP contribution in [0.1, 0.15) is 18.4 Å². The molecule has 1 aromatic rings. The standard InChI is InChI=1S/C13H15NO2/c15-13(16)10-8-9-4-1-2-5-11(9)14-7-3-6-12(10)14/h1-2,4-5,10,12H,3,6-8H2,(H,15,16)/t10-,12+/m0/s1. The first kappa shape index (κ1) is 9.70. The normalized spacial score (nSPS) is 27.4. The monoisotopic (exact) mass is 217 g/mol. The Balaban J connectivity index is 2.05. The van der Waals surface area contributed by atoms with Crippen molar-refractivity contribution < 1.29 is 9.90 Å². The van der Waals surface area contributed by atoms with Gasteiger partial charge in [0.2, 0.25) is 0 Å². The molecule has 1 fully saturated rings. The molecule has 1 saturated heterocycles. The molecule has 2 aliphatic heterocycles. The van der Waals surface area contributed by atoms with E-state index in [1.165, 1.54) is 11.3 Å². The third kappa shape index (κ3) is 1.31. The highest BCUT2D eigenvalue weighted by Gasteiger charge is 2.40. The van der Waals surface area contributed by atoms with Crippen LogP contribution in [0.25, 0.3) is 0 Å². The number of carboxylic acids is 1. The fourth-order valence-corrected chi connectivity index (χ4v) is 3.10. The van der Waals surface area contributed by atoms with Gasteiger partial charge in [-0.25, -0.2) is 0 Å². The smallest absolute Gasteiger partial charge is 0.308 e. The first-order valence-corrected chi connectivity index (χ1v) is 5.85. The maximum Gasteiger partial charge on any atom is 0.308 e. The van der Waals surface area contributed by atoms with Gasteiger partial charge < -0.3 is 10.0 Å². The van der Waals surface area contributed by atoms with Crippen molar-refractivity contribution in [3.63, 3.8) is 0 Å². The Morgan fingerprint density at radius 2 is 2.19 bits per heavy atom. The molecule has 2 heterocycles. The lowest BCUT2D eigenvalue weighted by molar-refractivity contribution is -0.142. The molecule has 0 amide bonds. The minimum Gasteiger partial charge on any atom is -0.481 e. The van der Waals surface area contributed by atoms with Gasteiger partial charge in [-0.05, 0) is 30.9 Å². The minimum absolute atomic E-state index is 0.215. The van der Waals surface area contributed by atoms with Crippen molar-refractivity contribution in [1.82, 2.24) is 0 Å². The third-order valence-electron chi connectivity index (χ3n) is 3.82. The molecule has 84 valence electrons. The molecular formula is C13H15NO2. The van der Waals surface area contributed by atoms with Crippen LogP contribution in [0.15, 0.2) is 24.3 Å². The van der Waals surface area contributed by atoms with E-state index in [2.05, 4.69) is 17.0 Å². The average Bonchev–Trinajstić information content (AvgIpc) is 2.76. The van der Waals surface area contributed by atoms with E-state index in [1.807, 2.05) is 12.1 Å². The second-order valence-corrected chi connectivity index (χ2v) is 4.68. The Hall–Kier alpha value is -1.51. The van der Waals surface area contributed by atoms with Crippen molar-refractivity contribution in [2.24, 2.45) is 5.92 Å². The molecular weight excluding hydrogens is 202 g/mol. The Labute approximate surface area is 94.7 Å². The number of fused-ring (bicyclic) bond motifs is 3. The van der Waals surface area contributed by atoms with Crippen molar-refractivity contribution in [2.75, 3.05) is 11.4 Å². The number of hydrogen-bond donors (Lipinski definition) is 1. The van der Waals surface area contributed by atoms with Crippen LogP contribution in [0.4, 0.5) is 5.69 Å². The van der Waals surface area contributed by atoms with E-state index in [0.29, 0.717) is 6.42 Å². The van der Waals surface area contributed by atoms with Crippen LogP contribution in [-0.4, -0.2) is 23.7 Å². The van der Waals surface area contributed by atoms with Gasteiger partial charge in [-0.2, -0.15) is 0 Å². The van der Waals surface area contributed by atoms with Crippen LogP contribution in [-0.2, 0) is 11.2 Å². The fraction of sp³-hybridized carbons (Fsp3) is 0.462. The van der Waals surface area contributed by atoms with Crippen molar-refractivity contribution >= 4 is 11.7 Å². The zero-order valence-corrected chi connectivity index (χ0v) is 9.10. The molecule has 0 saturated carbocycles. The van der Waals surface area contributed by atoms with Crippen LogP contribution in [0.2, 0.25) is 0 Å². The summed E-state index contributed by atoms with van der Waals surface area (Å²) in [5.41, 5.74) is 2.44. The Morgan fingerprint density at radius 1 is 1.38 bits per heavy atom. The van der Waals surface area contributed by atoms with Crippen LogP contribution in [0, 0.1) is 5.92 Å². The molecule has 3 nitrogen and oxygen atoms in total. The topological polar surface area (TPSA) is 40.5 Å². The van der Waals surface area contributed by atoms with Crippen molar-refractivity contribution in [1.29, 1.82) is 0 Å². The number of aliphatic carboxylic acids is 1. The summed E-state index contributed by atoms with van der Waals surface area (Å²) in [5.74, 6) is -0.871. The summed E-state index contributed by atoms with van der Waals surface area (Å²) in [7, 11) is 0. The van der Waals surface area contributed by atoms with Gasteiger partial charge in [0.1, 0.15) is 0 Å². The van der Waals surface area contributed by atoms with Gasteiger partial charge in [0.25, 0.3) is 0 Å². The van der Waals surface area contributed by atoms with Crippen LogP contribution in [0.5, 0.6) is 0 Å². The molecule has 16 heavy (non-hydrogen) atoms. The maximum absolute atomic E-state index is 11.3. The molecule has 0 unspecified atom stereocenters. The second kappa shape index (κ2) is 3.51. The second-order valence-electron chi connectivity index (χ2n) is 4.68. The quantitative estimate of drug-likeness (QED) is 0.781. The number of nitrogens with zero attached hydrogens (tertiary/aromatic N) is 1. The summed E-state index contributed by atoms with van der Waals surface area (Å²) in [5, 5.41) is 9.28. The molecule has 2 aliphatic rings. The number of para-hydroxylation sites is 1. The number of carboxylic acid groups (broad SMARTS) is 1. The highest BCUT2D eigenvalue weighted by atomic mass is 16.4. The van der Waals surface area contributed by atoms with Crippen LogP contribution in [0.3, 0.4) is 0 Å². The molecule has 0 spiro atoms. The predicted molar refractivity (Wildman–Crippen MR) is 61.6 cm³/mol. The summed E-state index contributed by atoms with van der Waals surface area (Å²) in [4.78, 5) is 13.6. The average molecular weight is 217 g/mol. The van der Waals surface area contributed by atoms with E-state index in [0.717, 1.165) is 19.4 Å². The highest BCUT2D eigenvalue weighted by Crippen LogP contribution is 2.38. The van der Waals surface area contributed by atoms with E-state index >= 15 is 0 Å². The maximum atomic E-state index is 11.3. The van der Waals surface area contributed by atoms with Gasteiger partial charge in [0.05, 0.1) is 5.92 Å². The Kier molecular flexibility index (Phi) is 2.13. The molecule has 1 N–H and O–H groups in total. The molecule has 0 aliphatic carbocycles. The molecule has 1 aromatic carbocycles. The largest absolute Gasteiger partial charge is 0.481 e. The zero-order chi connectivity index (χ0) is 11.1. The summed E-state index contributed by atoms with van der Waals surface area (Å²) in [6.45, 7) is 1.01. The third-order valence-corrected chi connectivity index (χ3v) is 3.82. The number of rotatable bonds is 1. The first-order chi connectivity index (χ1) is 7.77. The van der Waals surface area contributed by atoms with Crippen molar-refractivity contribution in [3.8, 4) is 0 Å². The van der Waals surface area contributed by atoms with Crippen molar-refractivity contribution in [2.45, 2.75) is 25.3 Å². The number of hydrogen-bond acceptors (Lipinski definition) is 2. The van der Waals surface area contributed by atoms with Gasteiger partial charge in [0, 0.05) is 18.3 Å². The van der Waals surface area contributed by atoms with Crippen molar-refractivity contribution in [3.05, 3.63) is 29.8 Å². The van der Waals surface area contributed by atoms with Gasteiger partial charge in [-0.3, -0.25) is 4.79 Å². The van der Waals surface area contributed by atoms with Crippen LogP contribution >= 0.6 is 0 Å². The van der Waals surface area contributed by atoms with E-state index in [-0.39, 0.29) is 12.0 Å². The van der Waals surface area contributed by atoms with Gasteiger partial charge in [-0.1, -0.05) is 18.2 Å². The summed E-state index contributed by atoms with van der Waals surface area (Å²) < 4.78 is 0.